The maximum absolute atomic E-state index is 12.7. The molecule has 0 aromatic carbocycles. The minimum absolute atomic E-state index is 0.121. The summed E-state index contributed by atoms with van der Waals surface area (Å²) in [6.45, 7) is 5.79. The highest BCUT2D eigenvalue weighted by molar-refractivity contribution is 5.83. The van der Waals surface area contributed by atoms with E-state index in [9.17, 15) is 4.79 Å². The van der Waals surface area contributed by atoms with Crippen LogP contribution in [0, 0.1) is 12.3 Å². The third-order valence-electron chi connectivity index (χ3n) is 5.36. The summed E-state index contributed by atoms with van der Waals surface area (Å²) < 4.78 is 2.02. The molecule has 3 aliphatic rings. The van der Waals surface area contributed by atoms with Gasteiger partial charge in [0.15, 0.2) is 0 Å². The number of carbonyl (C=O) groups excluding carboxylic acids is 1. The molecule has 0 aliphatic carbocycles. The van der Waals surface area contributed by atoms with Crippen molar-refractivity contribution in [1.82, 2.24) is 19.6 Å². The number of amides is 1. The van der Waals surface area contributed by atoms with E-state index in [-0.39, 0.29) is 11.3 Å². The number of piperidine rings is 3. The molecule has 5 nitrogen and oxygen atoms in total. The Balaban J connectivity index is 1.47. The summed E-state index contributed by atoms with van der Waals surface area (Å²) in [6.07, 6.45) is 7.01. The predicted octanol–water partition coefficient (Wildman–Crippen LogP) is 1.74. The van der Waals surface area contributed by atoms with Crippen molar-refractivity contribution in [2.24, 2.45) is 5.41 Å². The fourth-order valence-corrected chi connectivity index (χ4v) is 3.82. The van der Waals surface area contributed by atoms with E-state index in [1.807, 2.05) is 22.9 Å². The topological polar surface area (TPSA) is 49.6 Å². The van der Waals surface area contributed by atoms with Gasteiger partial charge in [-0.2, -0.15) is 0 Å². The van der Waals surface area contributed by atoms with Crippen LogP contribution in [0.15, 0.2) is 24.5 Å². The maximum Gasteiger partial charge on any atom is 0.226 e. The second-order valence-electron chi connectivity index (χ2n) is 6.71. The molecule has 0 atom stereocenters. The molecule has 0 spiro atoms. The number of fused-ring (bicyclic) bond motifs is 4. The molecule has 5 heterocycles. The first-order valence-electron chi connectivity index (χ1n) is 8.10. The first-order valence-corrected chi connectivity index (χ1v) is 8.10. The zero-order chi connectivity index (χ0) is 15.2. The quantitative estimate of drug-likeness (QED) is 0.939. The molecular formula is C17H22N4O. The lowest BCUT2D eigenvalue weighted by Crippen LogP contribution is -2.54. The lowest BCUT2D eigenvalue weighted by atomic mass is 9.71. The van der Waals surface area contributed by atoms with Crippen LogP contribution >= 0.6 is 0 Å². The van der Waals surface area contributed by atoms with Gasteiger partial charge in [0.1, 0.15) is 5.65 Å². The van der Waals surface area contributed by atoms with Crippen molar-refractivity contribution >= 4 is 11.6 Å². The van der Waals surface area contributed by atoms with E-state index in [2.05, 4.69) is 28.2 Å². The Bertz CT molecular complexity index is 699. The van der Waals surface area contributed by atoms with E-state index in [0.29, 0.717) is 6.54 Å². The van der Waals surface area contributed by atoms with Gasteiger partial charge in [-0.05, 0) is 57.5 Å². The Labute approximate surface area is 130 Å². The van der Waals surface area contributed by atoms with Gasteiger partial charge in [0.05, 0.1) is 17.7 Å². The van der Waals surface area contributed by atoms with Crippen molar-refractivity contribution < 1.29 is 4.79 Å². The fourth-order valence-electron chi connectivity index (χ4n) is 3.82. The highest BCUT2D eigenvalue weighted by Crippen LogP contribution is 2.40. The molecule has 1 N–H and O–H groups in total. The smallest absolute Gasteiger partial charge is 0.226 e. The van der Waals surface area contributed by atoms with E-state index < -0.39 is 0 Å². The molecule has 3 fully saturated rings. The van der Waals surface area contributed by atoms with Gasteiger partial charge in [-0.1, -0.05) is 6.07 Å². The van der Waals surface area contributed by atoms with Gasteiger partial charge in [0.25, 0.3) is 0 Å². The average molecular weight is 298 g/mol. The minimum Gasteiger partial charge on any atom is -0.350 e. The van der Waals surface area contributed by atoms with Crippen molar-refractivity contribution in [2.75, 3.05) is 19.6 Å². The molecule has 2 aromatic rings. The number of hydrogen-bond acceptors (Lipinski definition) is 3. The Morgan fingerprint density at radius 1 is 1.32 bits per heavy atom. The van der Waals surface area contributed by atoms with Gasteiger partial charge >= 0.3 is 0 Å². The van der Waals surface area contributed by atoms with E-state index in [0.717, 1.165) is 55.8 Å². The van der Waals surface area contributed by atoms with Crippen LogP contribution in [0.1, 0.15) is 30.5 Å². The van der Waals surface area contributed by atoms with E-state index in [1.165, 1.54) is 0 Å². The summed E-state index contributed by atoms with van der Waals surface area (Å²) in [4.78, 5) is 19.8. The molecule has 1 amide bonds. The zero-order valence-corrected chi connectivity index (χ0v) is 13.0. The van der Waals surface area contributed by atoms with E-state index in [1.54, 1.807) is 0 Å². The third kappa shape index (κ3) is 2.20. The molecular weight excluding hydrogens is 276 g/mol. The molecule has 0 unspecified atom stereocenters. The molecule has 2 bridgehead atoms. The average Bonchev–Trinajstić information content (AvgIpc) is 2.99. The van der Waals surface area contributed by atoms with Crippen molar-refractivity contribution in [1.29, 1.82) is 0 Å². The van der Waals surface area contributed by atoms with Crippen LogP contribution in [0.25, 0.3) is 5.65 Å². The standard InChI is InChI=1S/C17H22N4O/c1-13-3-2-7-21-12-14(19-15(13)21)11-18-16(22)17-4-8-20(9-5-17)10-6-17/h2-3,7,12H,4-6,8-11H2,1H3,(H,18,22). The molecule has 2 aromatic heterocycles. The molecule has 3 aliphatic heterocycles. The highest BCUT2D eigenvalue weighted by atomic mass is 16.2. The monoisotopic (exact) mass is 298 g/mol. The normalized spacial score (nSPS) is 27.2. The maximum atomic E-state index is 12.7. The Kier molecular flexibility index (Phi) is 3.18. The molecule has 0 saturated carbocycles. The first-order chi connectivity index (χ1) is 10.7. The summed E-state index contributed by atoms with van der Waals surface area (Å²) in [7, 11) is 0. The van der Waals surface area contributed by atoms with E-state index >= 15 is 0 Å². The van der Waals surface area contributed by atoms with Crippen molar-refractivity contribution in [3.05, 3.63) is 35.8 Å². The molecule has 5 rings (SSSR count). The second kappa shape index (κ2) is 5.09. The van der Waals surface area contributed by atoms with Crippen molar-refractivity contribution in [2.45, 2.75) is 32.7 Å². The van der Waals surface area contributed by atoms with Gasteiger partial charge in [0.2, 0.25) is 5.91 Å². The summed E-state index contributed by atoms with van der Waals surface area (Å²) >= 11 is 0. The van der Waals surface area contributed by atoms with Crippen LogP contribution in [-0.2, 0) is 11.3 Å². The number of hydrogen-bond donors (Lipinski definition) is 1. The van der Waals surface area contributed by atoms with Gasteiger partial charge in [-0.3, -0.25) is 4.79 Å². The van der Waals surface area contributed by atoms with Crippen LogP contribution in [-0.4, -0.2) is 39.8 Å². The number of pyridine rings is 1. The second-order valence-corrected chi connectivity index (χ2v) is 6.71. The number of nitrogens with zero attached hydrogens (tertiary/aromatic N) is 3. The summed E-state index contributed by atoms with van der Waals surface area (Å²) in [5.74, 6) is 0.223. The highest BCUT2D eigenvalue weighted by Gasteiger charge is 2.44. The Hall–Kier alpha value is -1.88. The van der Waals surface area contributed by atoms with Crippen LogP contribution in [0.5, 0.6) is 0 Å². The zero-order valence-electron chi connectivity index (χ0n) is 13.0. The van der Waals surface area contributed by atoms with Gasteiger partial charge in [-0.15, -0.1) is 0 Å². The molecule has 5 heteroatoms. The first kappa shape index (κ1) is 13.8. The number of nitrogens with one attached hydrogen (secondary N) is 1. The predicted molar refractivity (Wildman–Crippen MR) is 84.5 cm³/mol. The van der Waals surface area contributed by atoms with Crippen LogP contribution in [0.3, 0.4) is 0 Å². The van der Waals surface area contributed by atoms with Crippen molar-refractivity contribution in [3.8, 4) is 0 Å². The van der Waals surface area contributed by atoms with Crippen molar-refractivity contribution in [3.63, 3.8) is 0 Å². The summed E-state index contributed by atoms with van der Waals surface area (Å²) in [5, 5.41) is 3.13. The number of imidazole rings is 1. The van der Waals surface area contributed by atoms with Crippen LogP contribution in [0.2, 0.25) is 0 Å². The van der Waals surface area contributed by atoms with Gasteiger partial charge < -0.3 is 14.6 Å². The van der Waals surface area contributed by atoms with E-state index in [4.69, 9.17) is 0 Å². The SMILES string of the molecule is Cc1cccn2cc(CNC(=O)C34CCN(CC3)CC4)nc12. The number of aromatic nitrogens is 2. The van der Waals surface area contributed by atoms with Gasteiger partial charge in [-0.25, -0.2) is 4.98 Å². The number of aryl methyl sites for hydroxylation is 1. The Morgan fingerprint density at radius 2 is 2.05 bits per heavy atom. The fraction of sp³-hybridized carbons (Fsp3) is 0.529. The summed E-state index contributed by atoms with van der Waals surface area (Å²) in [5.41, 5.74) is 2.92. The molecule has 22 heavy (non-hydrogen) atoms. The lowest BCUT2D eigenvalue weighted by Gasteiger charge is -2.47. The Morgan fingerprint density at radius 3 is 2.73 bits per heavy atom. The molecule has 3 saturated heterocycles. The van der Waals surface area contributed by atoms with Crippen LogP contribution in [0.4, 0.5) is 0 Å². The van der Waals surface area contributed by atoms with Crippen LogP contribution < -0.4 is 5.32 Å². The minimum atomic E-state index is -0.121. The molecule has 0 radical (unpaired) electrons. The summed E-state index contributed by atoms with van der Waals surface area (Å²) in [6, 6.07) is 4.07. The third-order valence-corrected chi connectivity index (χ3v) is 5.36. The number of carbonyl (C=O) groups is 1. The largest absolute Gasteiger partial charge is 0.350 e. The lowest BCUT2D eigenvalue weighted by molar-refractivity contribution is -0.138. The van der Waals surface area contributed by atoms with Gasteiger partial charge in [0, 0.05) is 12.4 Å². The number of rotatable bonds is 3. The molecule has 116 valence electrons.